The Kier molecular flexibility index (Phi) is 7.27. The molecule has 1 amide bonds. The lowest BCUT2D eigenvalue weighted by atomic mass is 10.00. The van der Waals surface area contributed by atoms with Gasteiger partial charge in [-0.3, -0.25) is 4.79 Å². The number of fused-ring (bicyclic) bond motifs is 1. The predicted octanol–water partition coefficient (Wildman–Crippen LogP) is 3.96. The standard InChI is InChI=1S/C11H13NO.2C2H6/c1-8-3-5-10-9(7-8)4-6-11(13)12(10)2;2*1-2/h3,5,7H,4,6H2,1-2H3;2*1-2H3. The minimum atomic E-state index is 0.219. The maximum Gasteiger partial charge on any atom is 0.227 e. The Hall–Kier alpha value is -1.31. The molecule has 2 nitrogen and oxygen atoms in total. The zero-order valence-corrected chi connectivity index (χ0v) is 12.0. The molecule has 1 heterocycles. The van der Waals surface area contributed by atoms with E-state index in [1.807, 2.05) is 46.9 Å². The quantitative estimate of drug-likeness (QED) is 0.666. The topological polar surface area (TPSA) is 20.3 Å². The van der Waals surface area contributed by atoms with Crippen LogP contribution in [0, 0.1) is 6.92 Å². The summed E-state index contributed by atoms with van der Waals surface area (Å²) < 4.78 is 0. The highest BCUT2D eigenvalue weighted by Crippen LogP contribution is 2.26. The molecule has 0 aliphatic carbocycles. The lowest BCUT2D eigenvalue weighted by molar-refractivity contribution is -0.118. The largest absolute Gasteiger partial charge is 0.315 e. The maximum absolute atomic E-state index is 11.4. The number of rotatable bonds is 0. The number of hydrogen-bond donors (Lipinski definition) is 0. The summed E-state index contributed by atoms with van der Waals surface area (Å²) in [5, 5.41) is 0. The molecule has 0 radical (unpaired) electrons. The van der Waals surface area contributed by atoms with E-state index in [4.69, 9.17) is 0 Å². The van der Waals surface area contributed by atoms with Crippen molar-refractivity contribution in [3.05, 3.63) is 29.3 Å². The Morgan fingerprint density at radius 1 is 1.06 bits per heavy atom. The summed E-state index contributed by atoms with van der Waals surface area (Å²) in [5.41, 5.74) is 3.63. The molecule has 2 rings (SSSR count). The summed E-state index contributed by atoms with van der Waals surface area (Å²) in [5.74, 6) is 0.219. The molecular formula is C15H25NO. The van der Waals surface area contributed by atoms with Crippen LogP contribution in [0.1, 0.15) is 45.2 Å². The number of hydrogen-bond acceptors (Lipinski definition) is 1. The number of aryl methyl sites for hydroxylation is 2. The lowest BCUT2D eigenvalue weighted by Gasteiger charge is -2.25. The normalized spacial score (nSPS) is 12.8. The minimum Gasteiger partial charge on any atom is -0.315 e. The van der Waals surface area contributed by atoms with Gasteiger partial charge in [-0.15, -0.1) is 0 Å². The highest BCUT2D eigenvalue weighted by Gasteiger charge is 2.19. The van der Waals surface area contributed by atoms with Crippen molar-refractivity contribution < 1.29 is 4.79 Å². The fraction of sp³-hybridized carbons (Fsp3) is 0.533. The van der Waals surface area contributed by atoms with E-state index in [1.54, 1.807) is 4.90 Å². The van der Waals surface area contributed by atoms with E-state index >= 15 is 0 Å². The van der Waals surface area contributed by atoms with Crippen LogP contribution in [0.5, 0.6) is 0 Å². The van der Waals surface area contributed by atoms with Crippen LogP contribution in [-0.4, -0.2) is 13.0 Å². The molecule has 1 aromatic rings. The van der Waals surface area contributed by atoms with Gasteiger partial charge in [0.05, 0.1) is 0 Å². The van der Waals surface area contributed by atoms with Gasteiger partial charge < -0.3 is 4.90 Å². The first kappa shape index (κ1) is 15.7. The number of carbonyl (C=O) groups is 1. The first-order valence-corrected chi connectivity index (χ1v) is 6.54. The number of nitrogens with zero attached hydrogens (tertiary/aromatic N) is 1. The molecule has 96 valence electrons. The van der Waals surface area contributed by atoms with Gasteiger partial charge in [0, 0.05) is 19.2 Å². The number of amides is 1. The summed E-state index contributed by atoms with van der Waals surface area (Å²) in [7, 11) is 1.84. The third-order valence-corrected chi connectivity index (χ3v) is 2.58. The highest BCUT2D eigenvalue weighted by molar-refractivity contribution is 5.95. The molecule has 0 atom stereocenters. The van der Waals surface area contributed by atoms with E-state index in [9.17, 15) is 4.79 Å². The molecule has 0 unspecified atom stereocenters. The van der Waals surface area contributed by atoms with Crippen LogP contribution >= 0.6 is 0 Å². The molecule has 0 bridgehead atoms. The number of anilines is 1. The van der Waals surface area contributed by atoms with Gasteiger partial charge in [0.15, 0.2) is 0 Å². The average Bonchev–Trinajstić information content (AvgIpc) is 2.39. The predicted molar refractivity (Wildman–Crippen MR) is 75.6 cm³/mol. The molecule has 0 fully saturated rings. The highest BCUT2D eigenvalue weighted by atomic mass is 16.2. The van der Waals surface area contributed by atoms with Crippen molar-refractivity contribution in [2.75, 3.05) is 11.9 Å². The first-order valence-electron chi connectivity index (χ1n) is 6.54. The molecular weight excluding hydrogens is 210 g/mol. The molecule has 17 heavy (non-hydrogen) atoms. The van der Waals surface area contributed by atoms with E-state index in [0.29, 0.717) is 6.42 Å². The third-order valence-electron chi connectivity index (χ3n) is 2.58. The molecule has 1 aromatic carbocycles. The van der Waals surface area contributed by atoms with Crippen LogP contribution < -0.4 is 4.90 Å². The van der Waals surface area contributed by atoms with Gasteiger partial charge >= 0.3 is 0 Å². The third kappa shape index (κ3) is 3.88. The van der Waals surface area contributed by atoms with Crippen LogP contribution in [-0.2, 0) is 11.2 Å². The van der Waals surface area contributed by atoms with Crippen molar-refractivity contribution in [2.24, 2.45) is 0 Å². The van der Waals surface area contributed by atoms with Crippen molar-refractivity contribution in [3.63, 3.8) is 0 Å². The molecule has 0 aromatic heterocycles. The van der Waals surface area contributed by atoms with Gasteiger partial charge in [-0.2, -0.15) is 0 Å². The van der Waals surface area contributed by atoms with Gasteiger partial charge in [-0.1, -0.05) is 45.4 Å². The smallest absolute Gasteiger partial charge is 0.227 e. The van der Waals surface area contributed by atoms with Crippen molar-refractivity contribution in [3.8, 4) is 0 Å². The van der Waals surface area contributed by atoms with Crippen LogP contribution in [0.25, 0.3) is 0 Å². The van der Waals surface area contributed by atoms with E-state index in [2.05, 4.69) is 13.0 Å². The van der Waals surface area contributed by atoms with Crippen molar-refractivity contribution in [1.29, 1.82) is 0 Å². The second-order valence-electron chi connectivity index (χ2n) is 3.58. The second-order valence-corrected chi connectivity index (χ2v) is 3.58. The van der Waals surface area contributed by atoms with Gasteiger partial charge in [0.1, 0.15) is 0 Å². The van der Waals surface area contributed by atoms with Crippen LogP contribution in [0.4, 0.5) is 5.69 Å². The molecule has 1 aliphatic heterocycles. The first-order chi connectivity index (χ1) is 8.18. The zero-order chi connectivity index (χ0) is 13.4. The van der Waals surface area contributed by atoms with Crippen molar-refractivity contribution >= 4 is 11.6 Å². The average molecular weight is 235 g/mol. The second kappa shape index (κ2) is 7.88. The molecule has 0 saturated heterocycles. The number of carbonyl (C=O) groups excluding carboxylic acids is 1. The fourth-order valence-electron chi connectivity index (χ4n) is 1.79. The Morgan fingerprint density at radius 3 is 2.24 bits per heavy atom. The van der Waals surface area contributed by atoms with Gasteiger partial charge in [-0.25, -0.2) is 0 Å². The van der Waals surface area contributed by atoms with E-state index in [0.717, 1.165) is 12.1 Å². The summed E-state index contributed by atoms with van der Waals surface area (Å²) >= 11 is 0. The molecule has 0 spiro atoms. The fourth-order valence-corrected chi connectivity index (χ4v) is 1.79. The summed E-state index contributed by atoms with van der Waals surface area (Å²) in [6.45, 7) is 10.1. The van der Waals surface area contributed by atoms with Gasteiger partial charge in [0.25, 0.3) is 0 Å². The Labute approximate surface area is 106 Å². The molecule has 0 saturated carbocycles. The van der Waals surface area contributed by atoms with Crippen LogP contribution in [0.2, 0.25) is 0 Å². The van der Waals surface area contributed by atoms with Crippen LogP contribution in [0.3, 0.4) is 0 Å². The van der Waals surface area contributed by atoms with E-state index < -0.39 is 0 Å². The SMILES string of the molecule is CC.CC.Cc1ccc2c(c1)CCC(=O)N2C. The Morgan fingerprint density at radius 2 is 1.65 bits per heavy atom. The lowest BCUT2D eigenvalue weighted by Crippen LogP contribution is -2.30. The van der Waals surface area contributed by atoms with Crippen molar-refractivity contribution in [2.45, 2.75) is 47.5 Å². The summed E-state index contributed by atoms with van der Waals surface area (Å²) in [6.07, 6.45) is 1.53. The minimum absolute atomic E-state index is 0.219. The van der Waals surface area contributed by atoms with E-state index in [-0.39, 0.29) is 5.91 Å². The van der Waals surface area contributed by atoms with Gasteiger partial charge in [0.2, 0.25) is 5.91 Å². The van der Waals surface area contributed by atoms with Crippen molar-refractivity contribution in [1.82, 2.24) is 0 Å². The Bertz CT molecular complexity index is 358. The van der Waals surface area contributed by atoms with Gasteiger partial charge in [-0.05, 0) is 25.0 Å². The zero-order valence-electron chi connectivity index (χ0n) is 12.0. The Balaban J connectivity index is 0.000000581. The summed E-state index contributed by atoms with van der Waals surface area (Å²) in [6, 6.07) is 6.24. The molecule has 0 N–H and O–H groups in total. The monoisotopic (exact) mass is 235 g/mol. The summed E-state index contributed by atoms with van der Waals surface area (Å²) in [4.78, 5) is 13.1. The van der Waals surface area contributed by atoms with Crippen LogP contribution in [0.15, 0.2) is 18.2 Å². The number of benzene rings is 1. The van der Waals surface area contributed by atoms with E-state index in [1.165, 1.54) is 11.1 Å². The maximum atomic E-state index is 11.4. The molecule has 2 heteroatoms. The molecule has 1 aliphatic rings.